The minimum absolute atomic E-state index is 0.0552. The Morgan fingerprint density at radius 1 is 1.14 bits per heavy atom. The maximum absolute atomic E-state index is 13.8. The average Bonchev–Trinajstić information content (AvgIpc) is 2.65. The van der Waals surface area contributed by atoms with Crippen LogP contribution in [0.2, 0.25) is 0 Å². The number of carbonyl (C=O) groups excluding carboxylic acids is 3. The average molecular weight is 410 g/mol. The molecule has 1 aromatic rings. The van der Waals surface area contributed by atoms with Crippen LogP contribution < -0.4 is 10.6 Å². The van der Waals surface area contributed by atoms with E-state index in [0.717, 1.165) is 43.9 Å². The molecule has 2 amide bonds. The summed E-state index contributed by atoms with van der Waals surface area (Å²) in [5.41, 5.74) is -0.769. The summed E-state index contributed by atoms with van der Waals surface area (Å²) in [5, 5.41) is 5.17. The first kappa shape index (κ1) is 22.8. The van der Waals surface area contributed by atoms with Gasteiger partial charge in [0.25, 0.3) is 11.8 Å². The first-order valence-corrected chi connectivity index (χ1v) is 9.91. The smallest absolute Gasteiger partial charge is 0.329 e. The lowest BCUT2D eigenvalue weighted by Gasteiger charge is -2.29. The van der Waals surface area contributed by atoms with Crippen molar-refractivity contribution >= 4 is 17.8 Å². The summed E-state index contributed by atoms with van der Waals surface area (Å²) >= 11 is 0. The Kier molecular flexibility index (Phi) is 8.10. The molecule has 2 rings (SSSR count). The maximum atomic E-state index is 13.8. The number of hydrogen-bond donors (Lipinski definition) is 2. The molecule has 1 saturated carbocycles. The number of halogens is 2. The third-order valence-corrected chi connectivity index (χ3v) is 5.20. The van der Waals surface area contributed by atoms with Crippen LogP contribution >= 0.6 is 0 Å². The standard InChI is InChI=1S/C21H28F2N2O4/c1-12(2)19(25-20(27)18-14(22)8-6-9-15(18)23)21(28)29-11-17(26)24-16-10-5-4-7-13(16)3/h6,8-9,12-13,16,19H,4-5,7,10-11H2,1-3H3,(H,24,26)(H,25,27)/t13-,16+,19-/m0/s1. The number of esters is 1. The highest BCUT2D eigenvalue weighted by atomic mass is 19.1. The van der Waals surface area contributed by atoms with Crippen LogP contribution in [0.1, 0.15) is 56.8 Å². The first-order valence-electron chi connectivity index (χ1n) is 9.91. The largest absolute Gasteiger partial charge is 0.454 e. The van der Waals surface area contributed by atoms with E-state index >= 15 is 0 Å². The van der Waals surface area contributed by atoms with Crippen molar-refractivity contribution in [3.63, 3.8) is 0 Å². The monoisotopic (exact) mass is 410 g/mol. The van der Waals surface area contributed by atoms with Gasteiger partial charge in [-0.3, -0.25) is 9.59 Å². The highest BCUT2D eigenvalue weighted by Crippen LogP contribution is 2.23. The van der Waals surface area contributed by atoms with Crippen molar-refractivity contribution in [3.8, 4) is 0 Å². The number of carbonyl (C=O) groups is 3. The van der Waals surface area contributed by atoms with Crippen molar-refractivity contribution in [3.05, 3.63) is 35.4 Å². The molecule has 0 aliphatic heterocycles. The van der Waals surface area contributed by atoms with E-state index in [1.54, 1.807) is 13.8 Å². The van der Waals surface area contributed by atoms with Gasteiger partial charge in [-0.2, -0.15) is 0 Å². The summed E-state index contributed by atoms with van der Waals surface area (Å²) in [6, 6.07) is 1.96. The van der Waals surface area contributed by atoms with E-state index in [1.165, 1.54) is 0 Å². The Bertz CT molecular complexity index is 734. The second-order valence-electron chi connectivity index (χ2n) is 7.84. The minimum atomic E-state index is -1.15. The van der Waals surface area contributed by atoms with Crippen molar-refractivity contribution in [2.24, 2.45) is 11.8 Å². The van der Waals surface area contributed by atoms with Crippen LogP contribution in [0.3, 0.4) is 0 Å². The number of hydrogen-bond acceptors (Lipinski definition) is 4. The normalized spacial score (nSPS) is 20.1. The predicted octanol–water partition coefficient (Wildman–Crippen LogP) is 2.96. The molecule has 0 unspecified atom stereocenters. The molecule has 1 aliphatic carbocycles. The molecule has 0 bridgehead atoms. The molecule has 6 nitrogen and oxygen atoms in total. The molecule has 1 aromatic carbocycles. The van der Waals surface area contributed by atoms with Gasteiger partial charge < -0.3 is 15.4 Å². The minimum Gasteiger partial charge on any atom is -0.454 e. The lowest BCUT2D eigenvalue weighted by atomic mass is 9.86. The predicted molar refractivity (Wildman–Crippen MR) is 103 cm³/mol. The zero-order chi connectivity index (χ0) is 21.6. The van der Waals surface area contributed by atoms with Gasteiger partial charge in [0, 0.05) is 6.04 Å². The van der Waals surface area contributed by atoms with Gasteiger partial charge in [-0.05, 0) is 36.8 Å². The van der Waals surface area contributed by atoms with Crippen LogP contribution in [0.5, 0.6) is 0 Å². The molecule has 1 aliphatic rings. The Hall–Kier alpha value is -2.51. The van der Waals surface area contributed by atoms with Crippen molar-refractivity contribution in [2.75, 3.05) is 6.61 Å². The molecule has 0 radical (unpaired) electrons. The van der Waals surface area contributed by atoms with E-state index < -0.39 is 53.5 Å². The lowest BCUT2D eigenvalue weighted by Crippen LogP contribution is -2.47. The zero-order valence-electron chi connectivity index (χ0n) is 17.0. The third-order valence-electron chi connectivity index (χ3n) is 5.20. The van der Waals surface area contributed by atoms with Crippen molar-refractivity contribution in [1.29, 1.82) is 0 Å². The van der Waals surface area contributed by atoms with Gasteiger partial charge in [-0.25, -0.2) is 13.6 Å². The number of amides is 2. The topological polar surface area (TPSA) is 84.5 Å². The zero-order valence-corrected chi connectivity index (χ0v) is 17.0. The third kappa shape index (κ3) is 6.24. The van der Waals surface area contributed by atoms with Gasteiger partial charge in [0.2, 0.25) is 0 Å². The van der Waals surface area contributed by atoms with E-state index in [2.05, 4.69) is 17.6 Å². The van der Waals surface area contributed by atoms with Crippen LogP contribution in [-0.4, -0.2) is 36.5 Å². The Balaban J connectivity index is 1.93. The van der Waals surface area contributed by atoms with Crippen LogP contribution in [0.15, 0.2) is 18.2 Å². The summed E-state index contributed by atoms with van der Waals surface area (Å²) in [6.07, 6.45) is 4.11. The first-order chi connectivity index (χ1) is 13.7. The van der Waals surface area contributed by atoms with Gasteiger partial charge in [0.05, 0.1) is 0 Å². The fourth-order valence-electron chi connectivity index (χ4n) is 3.43. The van der Waals surface area contributed by atoms with Crippen LogP contribution in [0, 0.1) is 23.5 Å². The molecule has 0 aromatic heterocycles. The number of benzene rings is 1. The molecular weight excluding hydrogens is 382 g/mol. The summed E-state index contributed by atoms with van der Waals surface area (Å²) < 4.78 is 32.6. The molecule has 3 atom stereocenters. The van der Waals surface area contributed by atoms with Gasteiger partial charge in [-0.1, -0.05) is 39.7 Å². The SMILES string of the molecule is CC(C)[C@H](NC(=O)c1c(F)cccc1F)C(=O)OCC(=O)N[C@@H]1CCCC[C@@H]1C. The molecule has 0 spiro atoms. The van der Waals surface area contributed by atoms with Gasteiger partial charge >= 0.3 is 5.97 Å². The molecule has 8 heteroatoms. The quantitative estimate of drug-likeness (QED) is 0.677. The van der Waals surface area contributed by atoms with Gasteiger partial charge in [0.1, 0.15) is 23.2 Å². The highest BCUT2D eigenvalue weighted by molar-refractivity contribution is 5.97. The van der Waals surface area contributed by atoms with Crippen molar-refractivity contribution < 1.29 is 27.9 Å². The number of ether oxygens (including phenoxy) is 1. The van der Waals surface area contributed by atoms with E-state index in [4.69, 9.17) is 4.74 Å². The van der Waals surface area contributed by atoms with Crippen molar-refractivity contribution in [2.45, 2.75) is 58.5 Å². The Morgan fingerprint density at radius 2 is 1.76 bits per heavy atom. The molecular formula is C21H28F2N2O4. The molecule has 0 saturated heterocycles. The molecule has 2 N–H and O–H groups in total. The molecule has 160 valence electrons. The Labute approximate surface area is 169 Å². The fraction of sp³-hybridized carbons (Fsp3) is 0.571. The second kappa shape index (κ2) is 10.3. The molecule has 29 heavy (non-hydrogen) atoms. The highest BCUT2D eigenvalue weighted by Gasteiger charge is 2.29. The summed E-state index contributed by atoms with van der Waals surface area (Å²) in [5.74, 6) is -4.41. The molecule has 1 fully saturated rings. The summed E-state index contributed by atoms with van der Waals surface area (Å²) in [7, 11) is 0. The van der Waals surface area contributed by atoms with Gasteiger partial charge in [-0.15, -0.1) is 0 Å². The van der Waals surface area contributed by atoms with E-state index in [1.807, 2.05) is 0 Å². The lowest BCUT2D eigenvalue weighted by molar-refractivity contribution is -0.151. The fourth-order valence-corrected chi connectivity index (χ4v) is 3.43. The van der Waals surface area contributed by atoms with E-state index in [-0.39, 0.29) is 6.04 Å². The second-order valence-corrected chi connectivity index (χ2v) is 7.84. The van der Waals surface area contributed by atoms with E-state index in [0.29, 0.717) is 5.92 Å². The van der Waals surface area contributed by atoms with Crippen LogP contribution in [-0.2, 0) is 14.3 Å². The van der Waals surface area contributed by atoms with Crippen molar-refractivity contribution in [1.82, 2.24) is 10.6 Å². The van der Waals surface area contributed by atoms with Crippen LogP contribution in [0.25, 0.3) is 0 Å². The summed E-state index contributed by atoms with van der Waals surface area (Å²) in [4.78, 5) is 36.8. The maximum Gasteiger partial charge on any atom is 0.329 e. The summed E-state index contributed by atoms with van der Waals surface area (Å²) in [6.45, 7) is 4.89. The molecule has 0 heterocycles. The number of rotatable bonds is 7. The van der Waals surface area contributed by atoms with Crippen LogP contribution in [0.4, 0.5) is 8.78 Å². The Morgan fingerprint density at radius 3 is 2.34 bits per heavy atom. The van der Waals surface area contributed by atoms with E-state index in [9.17, 15) is 23.2 Å². The number of nitrogens with one attached hydrogen (secondary N) is 2. The van der Waals surface area contributed by atoms with Gasteiger partial charge in [0.15, 0.2) is 6.61 Å².